The second-order valence-electron chi connectivity index (χ2n) is 4.82. The summed E-state index contributed by atoms with van der Waals surface area (Å²) < 4.78 is 0. The molecule has 0 bridgehead atoms. The molecule has 2 unspecified atom stereocenters. The Balaban J connectivity index is 2.64. The Morgan fingerprint density at radius 3 is 2.29 bits per heavy atom. The average molecular weight is 234 g/mol. The lowest BCUT2D eigenvalue weighted by molar-refractivity contribution is -0.120. The maximum atomic E-state index is 11.4. The van der Waals surface area contributed by atoms with Crippen LogP contribution in [0.2, 0.25) is 0 Å². The quantitative estimate of drug-likeness (QED) is 0.791. The zero-order valence-electron chi connectivity index (χ0n) is 10.8. The Morgan fingerprint density at radius 1 is 1.24 bits per heavy atom. The van der Waals surface area contributed by atoms with E-state index in [1.807, 2.05) is 32.0 Å². The SMILES string of the molecule is CC(C)NC(CC(C)c1ccccc1)C(N)=O. The average Bonchev–Trinajstić information content (AvgIpc) is 2.28. The van der Waals surface area contributed by atoms with E-state index in [1.54, 1.807) is 0 Å². The first-order valence-electron chi connectivity index (χ1n) is 6.11. The van der Waals surface area contributed by atoms with E-state index in [0.29, 0.717) is 5.92 Å². The molecule has 94 valence electrons. The number of hydrogen-bond acceptors (Lipinski definition) is 2. The highest BCUT2D eigenvalue weighted by molar-refractivity contribution is 5.79. The molecule has 1 rings (SSSR count). The summed E-state index contributed by atoms with van der Waals surface area (Å²) in [5, 5.41) is 3.21. The summed E-state index contributed by atoms with van der Waals surface area (Å²) in [6.07, 6.45) is 0.734. The van der Waals surface area contributed by atoms with Gasteiger partial charge >= 0.3 is 0 Å². The molecule has 3 heteroatoms. The zero-order chi connectivity index (χ0) is 12.8. The third-order valence-corrected chi connectivity index (χ3v) is 2.84. The van der Waals surface area contributed by atoms with Crippen LogP contribution in [0.4, 0.5) is 0 Å². The molecule has 1 aromatic rings. The maximum Gasteiger partial charge on any atom is 0.234 e. The molecule has 3 N–H and O–H groups in total. The topological polar surface area (TPSA) is 55.1 Å². The number of nitrogens with two attached hydrogens (primary N) is 1. The third-order valence-electron chi connectivity index (χ3n) is 2.84. The van der Waals surface area contributed by atoms with Gasteiger partial charge in [-0.3, -0.25) is 4.79 Å². The van der Waals surface area contributed by atoms with E-state index in [1.165, 1.54) is 5.56 Å². The van der Waals surface area contributed by atoms with Crippen molar-refractivity contribution < 1.29 is 4.79 Å². The fourth-order valence-corrected chi connectivity index (χ4v) is 1.94. The lowest BCUT2D eigenvalue weighted by atomic mass is 9.93. The second-order valence-corrected chi connectivity index (χ2v) is 4.82. The summed E-state index contributed by atoms with van der Waals surface area (Å²) in [7, 11) is 0. The van der Waals surface area contributed by atoms with Crippen LogP contribution >= 0.6 is 0 Å². The van der Waals surface area contributed by atoms with Crippen LogP contribution in [0.15, 0.2) is 30.3 Å². The van der Waals surface area contributed by atoms with Gasteiger partial charge in [-0.15, -0.1) is 0 Å². The molecule has 0 aromatic heterocycles. The van der Waals surface area contributed by atoms with Crippen LogP contribution in [0.3, 0.4) is 0 Å². The number of carbonyl (C=O) groups excluding carboxylic acids is 1. The standard InChI is InChI=1S/C14H22N2O/c1-10(2)16-13(14(15)17)9-11(3)12-7-5-4-6-8-12/h4-8,10-11,13,16H,9H2,1-3H3,(H2,15,17). The fraction of sp³-hybridized carbons (Fsp3) is 0.500. The van der Waals surface area contributed by atoms with Gasteiger partial charge in [0.25, 0.3) is 0 Å². The normalized spacial score (nSPS) is 14.6. The van der Waals surface area contributed by atoms with E-state index in [-0.39, 0.29) is 18.0 Å². The first-order chi connectivity index (χ1) is 8.00. The number of nitrogens with one attached hydrogen (secondary N) is 1. The number of primary amides is 1. The van der Waals surface area contributed by atoms with Crippen molar-refractivity contribution in [3.8, 4) is 0 Å². The minimum absolute atomic E-state index is 0.259. The van der Waals surface area contributed by atoms with Gasteiger partial charge in [0.2, 0.25) is 5.91 Å². The predicted octanol–water partition coefficient (Wildman–Crippen LogP) is 2.03. The number of hydrogen-bond donors (Lipinski definition) is 2. The van der Waals surface area contributed by atoms with Gasteiger partial charge in [0, 0.05) is 6.04 Å². The van der Waals surface area contributed by atoms with E-state index in [2.05, 4.69) is 24.4 Å². The first kappa shape index (κ1) is 13.7. The minimum Gasteiger partial charge on any atom is -0.368 e. The van der Waals surface area contributed by atoms with Crippen molar-refractivity contribution in [1.82, 2.24) is 5.32 Å². The third kappa shape index (κ3) is 4.57. The molecule has 0 saturated heterocycles. The lowest BCUT2D eigenvalue weighted by Crippen LogP contribution is -2.45. The van der Waals surface area contributed by atoms with Gasteiger partial charge in [-0.05, 0) is 17.9 Å². The highest BCUT2D eigenvalue weighted by Crippen LogP contribution is 2.20. The second kappa shape index (κ2) is 6.40. The van der Waals surface area contributed by atoms with Gasteiger partial charge < -0.3 is 11.1 Å². The summed E-state index contributed by atoms with van der Waals surface area (Å²) in [4.78, 5) is 11.4. The first-order valence-corrected chi connectivity index (χ1v) is 6.11. The minimum atomic E-state index is -0.276. The maximum absolute atomic E-state index is 11.4. The zero-order valence-corrected chi connectivity index (χ0v) is 10.8. The van der Waals surface area contributed by atoms with Crippen molar-refractivity contribution in [3.05, 3.63) is 35.9 Å². The van der Waals surface area contributed by atoms with E-state index >= 15 is 0 Å². The number of carbonyl (C=O) groups is 1. The van der Waals surface area contributed by atoms with E-state index in [0.717, 1.165) is 6.42 Å². The van der Waals surface area contributed by atoms with Crippen molar-refractivity contribution in [3.63, 3.8) is 0 Å². The molecular formula is C14H22N2O. The van der Waals surface area contributed by atoms with Crippen LogP contribution in [0.1, 0.15) is 38.7 Å². The Labute approximate surface area is 103 Å². The van der Waals surface area contributed by atoms with Crippen molar-refractivity contribution in [2.45, 2.75) is 45.2 Å². The van der Waals surface area contributed by atoms with Crippen molar-refractivity contribution in [2.24, 2.45) is 5.73 Å². The number of benzene rings is 1. The molecule has 3 nitrogen and oxygen atoms in total. The Bertz CT molecular complexity index is 348. The predicted molar refractivity (Wildman–Crippen MR) is 70.7 cm³/mol. The van der Waals surface area contributed by atoms with E-state index < -0.39 is 0 Å². The highest BCUT2D eigenvalue weighted by Gasteiger charge is 2.19. The van der Waals surface area contributed by atoms with Gasteiger partial charge in [0.05, 0.1) is 6.04 Å². The molecule has 1 aromatic carbocycles. The van der Waals surface area contributed by atoms with Crippen LogP contribution in [0.25, 0.3) is 0 Å². The van der Waals surface area contributed by atoms with Gasteiger partial charge in [0.1, 0.15) is 0 Å². The number of amides is 1. The molecule has 0 spiro atoms. The molecule has 0 aliphatic heterocycles. The Hall–Kier alpha value is -1.35. The highest BCUT2D eigenvalue weighted by atomic mass is 16.1. The molecule has 0 saturated carbocycles. The monoisotopic (exact) mass is 234 g/mol. The molecule has 0 aliphatic rings. The molecular weight excluding hydrogens is 212 g/mol. The molecule has 0 radical (unpaired) electrons. The van der Waals surface area contributed by atoms with Crippen LogP contribution in [-0.2, 0) is 4.79 Å². The summed E-state index contributed by atoms with van der Waals surface area (Å²) in [5.41, 5.74) is 6.65. The van der Waals surface area contributed by atoms with Gasteiger partial charge in [-0.2, -0.15) is 0 Å². The van der Waals surface area contributed by atoms with E-state index in [9.17, 15) is 4.79 Å². The molecule has 1 amide bonds. The summed E-state index contributed by atoms with van der Waals surface area (Å²) in [5.74, 6) is 0.0430. The van der Waals surface area contributed by atoms with E-state index in [4.69, 9.17) is 5.73 Å². The fourth-order valence-electron chi connectivity index (χ4n) is 1.94. The lowest BCUT2D eigenvalue weighted by Gasteiger charge is -2.22. The van der Waals surface area contributed by atoms with Gasteiger partial charge in [-0.1, -0.05) is 51.1 Å². The molecule has 2 atom stereocenters. The summed E-state index contributed by atoms with van der Waals surface area (Å²) in [6, 6.07) is 10.2. The van der Waals surface area contributed by atoms with Crippen LogP contribution in [-0.4, -0.2) is 18.0 Å². The Kier molecular flexibility index (Phi) is 5.16. The van der Waals surface area contributed by atoms with Crippen molar-refractivity contribution in [1.29, 1.82) is 0 Å². The molecule has 0 aliphatic carbocycles. The van der Waals surface area contributed by atoms with Crippen molar-refractivity contribution >= 4 is 5.91 Å². The largest absolute Gasteiger partial charge is 0.368 e. The van der Waals surface area contributed by atoms with Crippen LogP contribution in [0, 0.1) is 0 Å². The number of rotatable bonds is 6. The molecule has 0 heterocycles. The summed E-state index contributed by atoms with van der Waals surface area (Å²) in [6.45, 7) is 6.15. The van der Waals surface area contributed by atoms with Gasteiger partial charge in [0.15, 0.2) is 0 Å². The van der Waals surface area contributed by atoms with Gasteiger partial charge in [-0.25, -0.2) is 0 Å². The van der Waals surface area contributed by atoms with Crippen LogP contribution < -0.4 is 11.1 Å². The van der Waals surface area contributed by atoms with Crippen molar-refractivity contribution in [2.75, 3.05) is 0 Å². The Morgan fingerprint density at radius 2 is 1.82 bits per heavy atom. The van der Waals surface area contributed by atoms with Crippen LogP contribution in [0.5, 0.6) is 0 Å². The summed E-state index contributed by atoms with van der Waals surface area (Å²) >= 11 is 0. The smallest absolute Gasteiger partial charge is 0.234 e. The molecule has 17 heavy (non-hydrogen) atoms. The molecule has 0 fully saturated rings.